The molecule has 1 aromatic rings. The second-order valence-corrected chi connectivity index (χ2v) is 6.02. The minimum Gasteiger partial charge on any atom is -0.396 e. The van der Waals surface area contributed by atoms with Crippen molar-refractivity contribution < 1.29 is 5.11 Å². The van der Waals surface area contributed by atoms with Crippen LogP contribution in [0, 0.1) is 11.8 Å². The largest absolute Gasteiger partial charge is 0.396 e. The van der Waals surface area contributed by atoms with Gasteiger partial charge in [0.25, 0.3) is 0 Å². The molecule has 0 radical (unpaired) electrons. The molecule has 0 aromatic carbocycles. The van der Waals surface area contributed by atoms with E-state index in [1.807, 2.05) is 19.4 Å². The Labute approximate surface area is 125 Å². The van der Waals surface area contributed by atoms with Gasteiger partial charge in [-0.1, -0.05) is 24.6 Å². The van der Waals surface area contributed by atoms with Crippen molar-refractivity contribution >= 4 is 23.4 Å². The highest BCUT2D eigenvalue weighted by molar-refractivity contribution is 7.98. The molecule has 6 heteroatoms. The summed E-state index contributed by atoms with van der Waals surface area (Å²) in [6.45, 7) is 1.17. The smallest absolute Gasteiger partial charge is 0.191 e. The third-order valence-electron chi connectivity index (χ3n) is 3.99. The van der Waals surface area contributed by atoms with E-state index in [4.69, 9.17) is 0 Å². The Balaban J connectivity index is 1.98. The van der Waals surface area contributed by atoms with Gasteiger partial charge in [0.1, 0.15) is 11.6 Å². The first kappa shape index (κ1) is 15.4. The summed E-state index contributed by atoms with van der Waals surface area (Å²) in [5, 5.41) is 16.7. The molecule has 0 spiro atoms. The summed E-state index contributed by atoms with van der Waals surface area (Å²) in [5.41, 5.74) is 0. The third kappa shape index (κ3) is 3.99. The molecule has 1 heterocycles. The second-order valence-electron chi connectivity index (χ2n) is 5.24. The average molecular weight is 296 g/mol. The van der Waals surface area contributed by atoms with Gasteiger partial charge in [0.15, 0.2) is 5.16 Å². The van der Waals surface area contributed by atoms with Crippen LogP contribution in [-0.2, 0) is 0 Å². The quantitative estimate of drug-likeness (QED) is 0.553. The van der Waals surface area contributed by atoms with E-state index in [2.05, 4.69) is 20.6 Å². The Bertz CT molecular complexity index is 407. The first-order valence-corrected chi connectivity index (χ1v) is 8.45. The van der Waals surface area contributed by atoms with Crippen LogP contribution in [0.3, 0.4) is 0 Å². The van der Waals surface area contributed by atoms with Crippen LogP contribution in [0.1, 0.15) is 25.7 Å². The lowest BCUT2D eigenvalue weighted by molar-refractivity contribution is 0.141. The molecule has 0 aliphatic heterocycles. The van der Waals surface area contributed by atoms with Crippen molar-refractivity contribution in [2.75, 3.05) is 37.1 Å². The van der Waals surface area contributed by atoms with E-state index >= 15 is 0 Å². The normalized spacial score (nSPS) is 22.6. The van der Waals surface area contributed by atoms with Crippen LogP contribution in [0.4, 0.5) is 11.6 Å². The summed E-state index contributed by atoms with van der Waals surface area (Å²) in [6, 6.07) is 1.93. The number of aliphatic hydroxyl groups excluding tert-OH is 1. The van der Waals surface area contributed by atoms with E-state index in [1.54, 1.807) is 0 Å². The van der Waals surface area contributed by atoms with Gasteiger partial charge in [0.05, 0.1) is 0 Å². The number of nitrogens with zero attached hydrogens (tertiary/aromatic N) is 2. The van der Waals surface area contributed by atoms with E-state index in [0.29, 0.717) is 18.4 Å². The zero-order chi connectivity index (χ0) is 14.4. The lowest BCUT2D eigenvalue weighted by Crippen LogP contribution is -2.28. The molecular formula is C14H24N4OS. The monoisotopic (exact) mass is 296 g/mol. The van der Waals surface area contributed by atoms with Gasteiger partial charge in [-0.2, -0.15) is 0 Å². The summed E-state index contributed by atoms with van der Waals surface area (Å²) in [4.78, 5) is 8.83. The van der Waals surface area contributed by atoms with Crippen molar-refractivity contribution in [3.05, 3.63) is 6.07 Å². The number of hydrogen-bond acceptors (Lipinski definition) is 6. The van der Waals surface area contributed by atoms with Gasteiger partial charge in [0, 0.05) is 26.3 Å². The van der Waals surface area contributed by atoms with Gasteiger partial charge in [-0.15, -0.1) is 0 Å². The first-order valence-electron chi connectivity index (χ1n) is 7.22. The topological polar surface area (TPSA) is 70.1 Å². The van der Waals surface area contributed by atoms with Crippen LogP contribution in [0.2, 0.25) is 0 Å². The van der Waals surface area contributed by atoms with Gasteiger partial charge < -0.3 is 15.7 Å². The number of nitrogens with one attached hydrogen (secondary N) is 2. The molecule has 5 nitrogen and oxygen atoms in total. The van der Waals surface area contributed by atoms with Crippen LogP contribution in [-0.4, -0.2) is 41.5 Å². The highest BCUT2D eigenvalue weighted by atomic mass is 32.2. The van der Waals surface area contributed by atoms with Crippen molar-refractivity contribution in [2.24, 2.45) is 11.8 Å². The van der Waals surface area contributed by atoms with E-state index in [0.717, 1.165) is 29.8 Å². The van der Waals surface area contributed by atoms with Gasteiger partial charge in [-0.25, -0.2) is 9.97 Å². The standard InChI is InChI=1S/C14H24N4OS/c1-15-12-7-13(18-14(17-12)20-2)16-8-10-5-3-4-6-11(10)9-19/h7,10-11,19H,3-6,8-9H2,1-2H3,(H2,15,16,17,18). The minimum absolute atomic E-state index is 0.300. The zero-order valence-electron chi connectivity index (χ0n) is 12.2. The Hall–Kier alpha value is -1.01. The van der Waals surface area contributed by atoms with Crippen molar-refractivity contribution in [2.45, 2.75) is 30.8 Å². The molecule has 3 N–H and O–H groups in total. The van der Waals surface area contributed by atoms with E-state index in [-0.39, 0.29) is 0 Å². The summed E-state index contributed by atoms with van der Waals surface area (Å²) in [5.74, 6) is 2.66. The maximum Gasteiger partial charge on any atom is 0.191 e. The highest BCUT2D eigenvalue weighted by Gasteiger charge is 2.24. The van der Waals surface area contributed by atoms with Crippen molar-refractivity contribution in [3.8, 4) is 0 Å². The molecule has 0 saturated heterocycles. The van der Waals surface area contributed by atoms with Gasteiger partial charge in [-0.05, 0) is 30.9 Å². The van der Waals surface area contributed by atoms with Crippen LogP contribution in [0.25, 0.3) is 0 Å². The molecule has 1 aliphatic rings. The Morgan fingerprint density at radius 2 is 1.95 bits per heavy atom. The molecule has 2 rings (SSSR count). The number of thioether (sulfide) groups is 1. The highest BCUT2D eigenvalue weighted by Crippen LogP contribution is 2.30. The fourth-order valence-corrected chi connectivity index (χ4v) is 3.14. The minimum atomic E-state index is 0.300. The maximum atomic E-state index is 9.46. The van der Waals surface area contributed by atoms with E-state index in [1.165, 1.54) is 31.0 Å². The SMILES string of the molecule is CNc1cc(NCC2CCCCC2CO)nc(SC)n1. The molecule has 0 bridgehead atoms. The zero-order valence-corrected chi connectivity index (χ0v) is 13.0. The van der Waals surface area contributed by atoms with Crippen LogP contribution in [0.15, 0.2) is 11.2 Å². The van der Waals surface area contributed by atoms with Crippen LogP contribution in [0.5, 0.6) is 0 Å². The number of anilines is 2. The number of aromatic nitrogens is 2. The fraction of sp³-hybridized carbons (Fsp3) is 0.714. The molecule has 20 heavy (non-hydrogen) atoms. The number of hydrogen-bond donors (Lipinski definition) is 3. The van der Waals surface area contributed by atoms with Gasteiger partial charge >= 0.3 is 0 Å². The summed E-state index contributed by atoms with van der Waals surface area (Å²) >= 11 is 1.54. The second kappa shape index (κ2) is 7.69. The number of rotatable bonds is 6. The van der Waals surface area contributed by atoms with E-state index < -0.39 is 0 Å². The summed E-state index contributed by atoms with van der Waals surface area (Å²) in [7, 11) is 1.86. The molecular weight excluding hydrogens is 272 g/mol. The lowest BCUT2D eigenvalue weighted by Gasteiger charge is -2.30. The molecule has 1 fully saturated rings. The van der Waals surface area contributed by atoms with Crippen molar-refractivity contribution in [3.63, 3.8) is 0 Å². The summed E-state index contributed by atoms with van der Waals surface area (Å²) < 4.78 is 0. The number of aliphatic hydroxyl groups is 1. The van der Waals surface area contributed by atoms with E-state index in [9.17, 15) is 5.11 Å². The van der Waals surface area contributed by atoms with Gasteiger partial charge in [0.2, 0.25) is 0 Å². The van der Waals surface area contributed by atoms with Crippen molar-refractivity contribution in [1.82, 2.24) is 9.97 Å². The van der Waals surface area contributed by atoms with Crippen LogP contribution >= 0.6 is 11.8 Å². The molecule has 1 aliphatic carbocycles. The molecule has 112 valence electrons. The lowest BCUT2D eigenvalue weighted by atomic mass is 9.79. The fourth-order valence-electron chi connectivity index (χ4n) is 2.76. The molecule has 1 saturated carbocycles. The first-order chi connectivity index (χ1) is 9.76. The Morgan fingerprint density at radius 1 is 1.25 bits per heavy atom. The Morgan fingerprint density at radius 3 is 2.60 bits per heavy atom. The molecule has 2 atom stereocenters. The predicted octanol–water partition coefficient (Wildman–Crippen LogP) is 2.45. The Kier molecular flexibility index (Phi) is 5.91. The predicted molar refractivity (Wildman–Crippen MR) is 84.4 cm³/mol. The molecule has 2 unspecified atom stereocenters. The van der Waals surface area contributed by atoms with Crippen LogP contribution < -0.4 is 10.6 Å². The summed E-state index contributed by atoms with van der Waals surface area (Å²) in [6.07, 6.45) is 6.82. The van der Waals surface area contributed by atoms with Gasteiger partial charge in [-0.3, -0.25) is 0 Å². The molecule has 1 aromatic heterocycles. The molecule has 0 amide bonds. The average Bonchev–Trinajstić information content (AvgIpc) is 2.52. The third-order valence-corrected chi connectivity index (χ3v) is 4.54. The van der Waals surface area contributed by atoms with Crippen molar-refractivity contribution in [1.29, 1.82) is 0 Å². The maximum absolute atomic E-state index is 9.46.